The Kier molecular flexibility index (Phi) is 21.8. The lowest BCUT2D eigenvalue weighted by Gasteiger charge is -2.13. The normalized spacial score (nSPS) is 15.7. The number of hydrogen-bond donors (Lipinski definition) is 4. The summed E-state index contributed by atoms with van der Waals surface area (Å²) < 4.78 is 0. The van der Waals surface area contributed by atoms with Crippen LogP contribution in [0.25, 0.3) is 0 Å². The van der Waals surface area contributed by atoms with E-state index in [1.807, 2.05) is 6.92 Å². The second kappa shape index (κ2) is 19.8. The average molecular weight is 306 g/mol. The van der Waals surface area contributed by atoms with Crippen molar-refractivity contribution in [1.29, 1.82) is 0 Å². The second-order valence-electron chi connectivity index (χ2n) is 5.68. The van der Waals surface area contributed by atoms with Crippen molar-refractivity contribution in [1.82, 2.24) is 0 Å². The number of aliphatic hydroxyl groups excluding tert-OH is 4. The van der Waals surface area contributed by atoms with Crippen molar-refractivity contribution in [3.8, 4) is 0 Å². The maximum Gasteiger partial charge on any atom is 0.0540 e. The Balaban J connectivity index is 0. The van der Waals surface area contributed by atoms with Crippen LogP contribution in [0, 0.1) is 5.92 Å². The smallest absolute Gasteiger partial charge is 0.0540 e. The summed E-state index contributed by atoms with van der Waals surface area (Å²) in [5.41, 5.74) is 0. The van der Waals surface area contributed by atoms with E-state index in [0.717, 1.165) is 51.6 Å². The summed E-state index contributed by atoms with van der Waals surface area (Å²) >= 11 is 0. The van der Waals surface area contributed by atoms with Gasteiger partial charge in [0.1, 0.15) is 0 Å². The Hall–Kier alpha value is -0.160. The van der Waals surface area contributed by atoms with Crippen molar-refractivity contribution in [2.75, 3.05) is 20.3 Å². The molecule has 1 unspecified atom stereocenters. The Morgan fingerprint density at radius 2 is 1.48 bits per heavy atom. The van der Waals surface area contributed by atoms with E-state index >= 15 is 0 Å². The Morgan fingerprint density at radius 1 is 0.905 bits per heavy atom. The van der Waals surface area contributed by atoms with Crippen molar-refractivity contribution >= 4 is 0 Å². The molecule has 0 saturated heterocycles. The molecule has 0 aromatic heterocycles. The van der Waals surface area contributed by atoms with E-state index in [0.29, 0.717) is 6.61 Å². The van der Waals surface area contributed by atoms with Crippen molar-refractivity contribution in [3.05, 3.63) is 0 Å². The van der Waals surface area contributed by atoms with Gasteiger partial charge in [0.2, 0.25) is 0 Å². The summed E-state index contributed by atoms with van der Waals surface area (Å²) in [6.45, 7) is 2.54. The van der Waals surface area contributed by atoms with E-state index in [1.54, 1.807) is 0 Å². The topological polar surface area (TPSA) is 80.9 Å². The molecule has 0 bridgehead atoms. The summed E-state index contributed by atoms with van der Waals surface area (Å²) in [5, 5.41) is 33.2. The molecular formula is C17H38O4. The minimum atomic E-state index is -0.0932. The molecule has 130 valence electrons. The monoisotopic (exact) mass is 306 g/mol. The molecule has 1 fully saturated rings. The number of hydrogen-bond acceptors (Lipinski definition) is 4. The van der Waals surface area contributed by atoms with Gasteiger partial charge in [-0.05, 0) is 38.0 Å². The highest BCUT2D eigenvalue weighted by Crippen LogP contribution is 2.29. The summed E-state index contributed by atoms with van der Waals surface area (Å²) in [7, 11) is 1.00. The van der Waals surface area contributed by atoms with Gasteiger partial charge in [-0.15, -0.1) is 0 Å². The van der Waals surface area contributed by atoms with Crippen molar-refractivity contribution in [3.63, 3.8) is 0 Å². The first-order chi connectivity index (χ1) is 10.2. The van der Waals surface area contributed by atoms with Gasteiger partial charge in [0.05, 0.1) is 6.10 Å². The number of aliphatic hydroxyl groups is 4. The lowest BCUT2D eigenvalue weighted by molar-refractivity contribution is 0.140. The van der Waals surface area contributed by atoms with Gasteiger partial charge in [-0.1, -0.05) is 45.4 Å². The third-order valence-corrected chi connectivity index (χ3v) is 3.80. The molecule has 0 spiro atoms. The van der Waals surface area contributed by atoms with E-state index in [1.165, 1.54) is 32.1 Å². The van der Waals surface area contributed by atoms with Crippen LogP contribution in [0.15, 0.2) is 0 Å². The molecular weight excluding hydrogens is 268 g/mol. The van der Waals surface area contributed by atoms with E-state index in [-0.39, 0.29) is 12.7 Å². The van der Waals surface area contributed by atoms with Crippen molar-refractivity contribution < 1.29 is 20.4 Å². The van der Waals surface area contributed by atoms with E-state index in [9.17, 15) is 5.11 Å². The van der Waals surface area contributed by atoms with Gasteiger partial charge in [0.15, 0.2) is 0 Å². The molecule has 0 amide bonds. The maximum atomic E-state index is 9.75. The molecule has 1 aliphatic carbocycles. The first-order valence-electron chi connectivity index (χ1n) is 8.59. The van der Waals surface area contributed by atoms with Gasteiger partial charge in [-0.2, -0.15) is 0 Å². The van der Waals surface area contributed by atoms with Crippen LogP contribution in [0.4, 0.5) is 0 Å². The van der Waals surface area contributed by atoms with Crippen LogP contribution >= 0.6 is 0 Å². The van der Waals surface area contributed by atoms with E-state index in [2.05, 4.69) is 0 Å². The summed E-state index contributed by atoms with van der Waals surface area (Å²) in [4.78, 5) is 0. The van der Waals surface area contributed by atoms with Crippen molar-refractivity contribution in [2.45, 2.75) is 83.7 Å². The SMILES string of the molecule is CCCO.CO.OCCCCCC(O)CCC1CCCC1. The summed E-state index contributed by atoms with van der Waals surface area (Å²) in [6, 6.07) is 0. The zero-order valence-corrected chi connectivity index (χ0v) is 14.1. The molecule has 1 rings (SSSR count). The molecule has 1 aliphatic rings. The highest BCUT2D eigenvalue weighted by molar-refractivity contribution is 4.69. The molecule has 0 aliphatic heterocycles. The van der Waals surface area contributed by atoms with E-state index in [4.69, 9.17) is 15.3 Å². The maximum absolute atomic E-state index is 9.75. The van der Waals surface area contributed by atoms with Gasteiger partial charge in [0.25, 0.3) is 0 Å². The zero-order chi connectivity index (χ0) is 16.3. The molecule has 1 atom stereocenters. The fourth-order valence-corrected chi connectivity index (χ4v) is 2.54. The van der Waals surface area contributed by atoms with E-state index < -0.39 is 0 Å². The van der Waals surface area contributed by atoms with Crippen molar-refractivity contribution in [2.24, 2.45) is 5.92 Å². The summed E-state index contributed by atoms with van der Waals surface area (Å²) in [5.74, 6) is 0.900. The first-order valence-corrected chi connectivity index (χ1v) is 8.59. The van der Waals surface area contributed by atoms with Crippen LogP contribution in [0.1, 0.15) is 77.6 Å². The third kappa shape index (κ3) is 17.8. The molecule has 0 aromatic carbocycles. The highest BCUT2D eigenvalue weighted by Gasteiger charge is 2.16. The third-order valence-electron chi connectivity index (χ3n) is 3.80. The zero-order valence-electron chi connectivity index (χ0n) is 14.1. The molecule has 4 N–H and O–H groups in total. The fraction of sp³-hybridized carbons (Fsp3) is 1.00. The van der Waals surface area contributed by atoms with Gasteiger partial charge in [0, 0.05) is 20.3 Å². The molecule has 4 heteroatoms. The molecule has 1 saturated carbocycles. The summed E-state index contributed by atoms with van der Waals surface area (Å²) in [6.07, 6.45) is 12.5. The first kappa shape index (κ1) is 23.1. The second-order valence-corrected chi connectivity index (χ2v) is 5.68. The Morgan fingerprint density at radius 3 is 1.95 bits per heavy atom. The molecule has 0 radical (unpaired) electrons. The standard InChI is InChI=1S/C13H26O2.C3H8O.CH4O/c14-11-5-1-2-8-13(15)10-9-12-6-3-4-7-12;1-2-3-4;1-2/h12-15H,1-11H2;4H,2-3H2,1H3;2H,1H3. The Bertz CT molecular complexity index is 168. The molecule has 0 aromatic rings. The number of rotatable bonds is 9. The van der Waals surface area contributed by atoms with Crippen LogP contribution in [-0.2, 0) is 0 Å². The molecule has 4 nitrogen and oxygen atoms in total. The van der Waals surface area contributed by atoms with Crippen LogP contribution in [0.5, 0.6) is 0 Å². The number of unbranched alkanes of at least 4 members (excludes halogenated alkanes) is 2. The van der Waals surface area contributed by atoms with Crippen LogP contribution < -0.4 is 0 Å². The van der Waals surface area contributed by atoms with Gasteiger partial charge < -0.3 is 20.4 Å². The predicted molar refractivity (Wildman–Crippen MR) is 88.3 cm³/mol. The van der Waals surface area contributed by atoms with Crippen LogP contribution in [-0.4, -0.2) is 46.9 Å². The van der Waals surface area contributed by atoms with Gasteiger partial charge in [-0.25, -0.2) is 0 Å². The molecule has 21 heavy (non-hydrogen) atoms. The van der Waals surface area contributed by atoms with Gasteiger partial charge in [-0.3, -0.25) is 0 Å². The minimum absolute atomic E-state index is 0.0932. The lowest BCUT2D eigenvalue weighted by atomic mass is 9.97. The highest BCUT2D eigenvalue weighted by atomic mass is 16.3. The fourth-order valence-electron chi connectivity index (χ4n) is 2.54. The predicted octanol–water partition coefficient (Wildman–Crippen LogP) is 2.87. The quantitative estimate of drug-likeness (QED) is 0.494. The molecule has 0 heterocycles. The lowest BCUT2D eigenvalue weighted by Crippen LogP contribution is -2.08. The average Bonchev–Trinajstić information content (AvgIpc) is 3.05. The minimum Gasteiger partial charge on any atom is -0.400 e. The van der Waals surface area contributed by atoms with Crippen LogP contribution in [0.3, 0.4) is 0 Å². The Labute approximate surface area is 131 Å². The van der Waals surface area contributed by atoms with Crippen LogP contribution in [0.2, 0.25) is 0 Å². The van der Waals surface area contributed by atoms with Gasteiger partial charge >= 0.3 is 0 Å². The largest absolute Gasteiger partial charge is 0.400 e.